The molecule has 0 unspecified atom stereocenters. The molecule has 0 bridgehead atoms. The molecule has 0 amide bonds. The molecule has 0 heterocycles. The molecule has 0 saturated heterocycles. The second kappa shape index (κ2) is 5.32. The molecule has 5 heteroatoms. The topological polar surface area (TPSA) is 66.4 Å². The molecule has 16 heavy (non-hydrogen) atoms. The van der Waals surface area contributed by atoms with Crippen LogP contribution in [0, 0.1) is 0 Å². The molecule has 0 aliphatic heterocycles. The van der Waals surface area contributed by atoms with Crippen molar-refractivity contribution in [3.63, 3.8) is 0 Å². The Hall–Kier alpha value is -1.07. The van der Waals surface area contributed by atoms with E-state index in [1.54, 1.807) is 38.1 Å². The highest BCUT2D eigenvalue weighted by Crippen LogP contribution is 2.09. The first-order valence-electron chi connectivity index (χ1n) is 5.18. The maximum absolute atomic E-state index is 11.4. The van der Waals surface area contributed by atoms with Crippen LogP contribution in [-0.4, -0.2) is 25.3 Å². The fourth-order valence-electron chi connectivity index (χ4n) is 1.17. The highest BCUT2D eigenvalue weighted by molar-refractivity contribution is 7.90. The van der Waals surface area contributed by atoms with Gasteiger partial charge in [-0.1, -0.05) is 12.1 Å². The van der Waals surface area contributed by atoms with E-state index in [0.717, 1.165) is 5.56 Å². The SMILES string of the molecule is CC(C)S(=O)(=O)NCCc1ccc(O)cc1. The zero-order chi connectivity index (χ0) is 12.2. The van der Waals surface area contributed by atoms with Crippen LogP contribution in [0.2, 0.25) is 0 Å². The van der Waals surface area contributed by atoms with Gasteiger partial charge in [0.1, 0.15) is 5.75 Å². The molecule has 0 atom stereocenters. The minimum Gasteiger partial charge on any atom is -0.508 e. The van der Waals surface area contributed by atoms with Gasteiger partial charge in [-0.2, -0.15) is 0 Å². The molecule has 0 aliphatic rings. The Bertz CT molecular complexity index is 423. The van der Waals surface area contributed by atoms with Crippen LogP contribution in [0.15, 0.2) is 24.3 Å². The maximum atomic E-state index is 11.4. The van der Waals surface area contributed by atoms with Gasteiger partial charge in [0, 0.05) is 6.54 Å². The van der Waals surface area contributed by atoms with Crippen molar-refractivity contribution >= 4 is 10.0 Å². The van der Waals surface area contributed by atoms with Crippen LogP contribution in [0.4, 0.5) is 0 Å². The normalized spacial score (nSPS) is 11.9. The standard InChI is InChI=1S/C11H17NO3S/c1-9(2)16(14,15)12-8-7-10-3-5-11(13)6-4-10/h3-6,9,12-13H,7-8H2,1-2H3. The molecule has 0 radical (unpaired) electrons. The van der Waals surface area contributed by atoms with Crippen LogP contribution in [0.5, 0.6) is 5.75 Å². The van der Waals surface area contributed by atoms with Gasteiger partial charge < -0.3 is 5.11 Å². The van der Waals surface area contributed by atoms with Crippen molar-refractivity contribution < 1.29 is 13.5 Å². The summed E-state index contributed by atoms with van der Waals surface area (Å²) < 4.78 is 25.4. The van der Waals surface area contributed by atoms with Crippen LogP contribution in [0.1, 0.15) is 19.4 Å². The summed E-state index contributed by atoms with van der Waals surface area (Å²) in [6.07, 6.45) is 0.617. The lowest BCUT2D eigenvalue weighted by Crippen LogP contribution is -2.32. The van der Waals surface area contributed by atoms with Crippen molar-refractivity contribution in [1.29, 1.82) is 0 Å². The van der Waals surface area contributed by atoms with Crippen LogP contribution in [0.25, 0.3) is 0 Å². The van der Waals surface area contributed by atoms with E-state index < -0.39 is 15.3 Å². The second-order valence-corrected chi connectivity index (χ2v) is 6.23. The van der Waals surface area contributed by atoms with E-state index in [0.29, 0.717) is 13.0 Å². The predicted octanol–water partition coefficient (Wildman–Crippen LogP) is 1.26. The highest BCUT2D eigenvalue weighted by Gasteiger charge is 2.14. The van der Waals surface area contributed by atoms with Crippen LogP contribution in [0.3, 0.4) is 0 Å². The van der Waals surface area contributed by atoms with E-state index in [2.05, 4.69) is 4.72 Å². The van der Waals surface area contributed by atoms with Gasteiger partial charge in [0.2, 0.25) is 10.0 Å². The van der Waals surface area contributed by atoms with Gasteiger partial charge >= 0.3 is 0 Å². The number of aromatic hydroxyl groups is 1. The van der Waals surface area contributed by atoms with Crippen molar-refractivity contribution in [2.24, 2.45) is 0 Å². The third-order valence-corrected chi connectivity index (χ3v) is 4.12. The largest absolute Gasteiger partial charge is 0.508 e. The summed E-state index contributed by atoms with van der Waals surface area (Å²) in [4.78, 5) is 0. The molecule has 0 saturated carbocycles. The lowest BCUT2D eigenvalue weighted by Gasteiger charge is -2.09. The summed E-state index contributed by atoms with van der Waals surface area (Å²) in [6, 6.07) is 6.73. The van der Waals surface area contributed by atoms with Crippen molar-refractivity contribution in [2.75, 3.05) is 6.54 Å². The summed E-state index contributed by atoms with van der Waals surface area (Å²) >= 11 is 0. The maximum Gasteiger partial charge on any atom is 0.213 e. The van der Waals surface area contributed by atoms with Crippen molar-refractivity contribution in [3.05, 3.63) is 29.8 Å². The molecular formula is C11H17NO3S. The van der Waals surface area contributed by atoms with Gasteiger partial charge in [-0.3, -0.25) is 0 Å². The molecule has 1 aromatic rings. The number of phenols is 1. The number of hydrogen-bond donors (Lipinski definition) is 2. The van der Waals surface area contributed by atoms with E-state index in [9.17, 15) is 8.42 Å². The van der Waals surface area contributed by atoms with Crippen molar-refractivity contribution in [1.82, 2.24) is 4.72 Å². The fraction of sp³-hybridized carbons (Fsp3) is 0.455. The number of phenolic OH excluding ortho intramolecular Hbond substituents is 1. The first kappa shape index (κ1) is 13.0. The van der Waals surface area contributed by atoms with Crippen LogP contribution < -0.4 is 4.72 Å². The van der Waals surface area contributed by atoms with Crippen molar-refractivity contribution in [3.8, 4) is 5.75 Å². The van der Waals surface area contributed by atoms with E-state index in [-0.39, 0.29) is 5.75 Å². The highest BCUT2D eigenvalue weighted by atomic mass is 32.2. The number of sulfonamides is 1. The number of nitrogens with one attached hydrogen (secondary N) is 1. The molecule has 0 spiro atoms. The van der Waals surface area contributed by atoms with Gasteiger partial charge in [-0.05, 0) is 38.0 Å². The summed E-state index contributed by atoms with van der Waals surface area (Å²) in [5, 5.41) is 8.66. The lowest BCUT2D eigenvalue weighted by atomic mass is 10.1. The molecular weight excluding hydrogens is 226 g/mol. The monoisotopic (exact) mass is 243 g/mol. The summed E-state index contributed by atoms with van der Waals surface area (Å²) in [5.74, 6) is 0.214. The number of benzene rings is 1. The molecule has 0 aliphatic carbocycles. The summed E-state index contributed by atoms with van der Waals surface area (Å²) in [6.45, 7) is 3.66. The number of hydrogen-bond acceptors (Lipinski definition) is 3. The minimum absolute atomic E-state index is 0.214. The molecule has 90 valence electrons. The smallest absolute Gasteiger partial charge is 0.213 e. The van der Waals surface area contributed by atoms with Gasteiger partial charge in [0.05, 0.1) is 5.25 Å². The van der Waals surface area contributed by atoms with E-state index in [1.165, 1.54) is 0 Å². The van der Waals surface area contributed by atoms with Gasteiger partial charge in [-0.15, -0.1) is 0 Å². The summed E-state index contributed by atoms with van der Waals surface area (Å²) in [5.41, 5.74) is 0.990. The van der Waals surface area contributed by atoms with Gasteiger partial charge in [0.15, 0.2) is 0 Å². The zero-order valence-corrected chi connectivity index (χ0v) is 10.3. The molecule has 1 aromatic carbocycles. The quantitative estimate of drug-likeness (QED) is 0.818. The fourth-order valence-corrected chi connectivity index (χ4v) is 1.89. The molecule has 2 N–H and O–H groups in total. The van der Waals surface area contributed by atoms with E-state index in [1.807, 2.05) is 0 Å². The van der Waals surface area contributed by atoms with Crippen molar-refractivity contribution in [2.45, 2.75) is 25.5 Å². The summed E-state index contributed by atoms with van der Waals surface area (Å²) in [7, 11) is -3.18. The van der Waals surface area contributed by atoms with E-state index >= 15 is 0 Å². The molecule has 4 nitrogen and oxygen atoms in total. The molecule has 0 aromatic heterocycles. The zero-order valence-electron chi connectivity index (χ0n) is 9.47. The first-order valence-corrected chi connectivity index (χ1v) is 6.73. The lowest BCUT2D eigenvalue weighted by molar-refractivity contribution is 0.475. The second-order valence-electron chi connectivity index (χ2n) is 3.90. The minimum atomic E-state index is -3.18. The molecule has 0 fully saturated rings. The van der Waals surface area contributed by atoms with Crippen LogP contribution >= 0.6 is 0 Å². The van der Waals surface area contributed by atoms with Crippen LogP contribution in [-0.2, 0) is 16.4 Å². The Balaban J connectivity index is 2.45. The Morgan fingerprint density at radius 3 is 2.31 bits per heavy atom. The Labute approximate surface area is 96.4 Å². The molecule has 1 rings (SSSR count). The third-order valence-electron chi connectivity index (χ3n) is 2.27. The third kappa shape index (κ3) is 3.83. The van der Waals surface area contributed by atoms with Gasteiger partial charge in [-0.25, -0.2) is 13.1 Å². The number of rotatable bonds is 5. The Kier molecular flexibility index (Phi) is 4.32. The predicted molar refractivity (Wildman–Crippen MR) is 63.9 cm³/mol. The van der Waals surface area contributed by atoms with Gasteiger partial charge in [0.25, 0.3) is 0 Å². The average molecular weight is 243 g/mol. The average Bonchev–Trinajstić information content (AvgIpc) is 2.20. The Morgan fingerprint density at radius 2 is 1.81 bits per heavy atom. The van der Waals surface area contributed by atoms with E-state index in [4.69, 9.17) is 5.11 Å². The first-order chi connectivity index (χ1) is 7.42. The Morgan fingerprint density at radius 1 is 1.25 bits per heavy atom.